The average Bonchev–Trinajstić information content (AvgIpc) is 1.59. The largest absolute Gasteiger partial charge is 0.333 e. The van der Waals surface area contributed by atoms with Gasteiger partial charge in [-0.3, -0.25) is 4.55 Å². The molecule has 0 aromatic heterocycles. The van der Waals surface area contributed by atoms with E-state index in [1.807, 2.05) is 18.6 Å². The lowest BCUT2D eigenvalue weighted by Crippen LogP contribution is -2.24. The number of rotatable bonds is 4. The van der Waals surface area contributed by atoms with Crippen LogP contribution in [-0.2, 0) is 10.3 Å². The Bertz CT molecular complexity index is 173. The first-order valence-electron chi connectivity index (χ1n) is 3.14. The van der Waals surface area contributed by atoms with E-state index >= 15 is 0 Å². The van der Waals surface area contributed by atoms with Crippen LogP contribution < -0.4 is 4.72 Å². The Labute approximate surface area is 61.5 Å². The fraction of sp³-hybridized carbons (Fsp3) is 1.00. The lowest BCUT2D eigenvalue weighted by Gasteiger charge is -2.02. The Morgan fingerprint density at radius 1 is 1.50 bits per heavy atom. The van der Waals surface area contributed by atoms with Crippen LogP contribution in [0.4, 0.5) is 0 Å². The van der Waals surface area contributed by atoms with Gasteiger partial charge in [-0.15, -0.1) is 0 Å². The molecule has 0 aliphatic heterocycles. The molecule has 4 nitrogen and oxygen atoms in total. The van der Waals surface area contributed by atoms with Gasteiger partial charge in [0.25, 0.3) is 0 Å². The summed E-state index contributed by atoms with van der Waals surface area (Å²) in [6.45, 7) is 4.26. The Balaban J connectivity index is 3.39. The van der Waals surface area contributed by atoms with Crippen LogP contribution in [0.2, 0.25) is 0 Å². The minimum atomic E-state index is -3.97. The fourth-order valence-corrected chi connectivity index (χ4v) is 0.852. The molecule has 0 aromatic carbocycles. The van der Waals surface area contributed by atoms with Crippen molar-refractivity contribution in [2.75, 3.05) is 6.54 Å². The first-order valence-corrected chi connectivity index (χ1v) is 4.58. The van der Waals surface area contributed by atoms with E-state index in [1.54, 1.807) is 0 Å². The van der Waals surface area contributed by atoms with Gasteiger partial charge in [0.15, 0.2) is 0 Å². The van der Waals surface area contributed by atoms with E-state index in [1.165, 1.54) is 0 Å². The highest BCUT2D eigenvalue weighted by atomic mass is 32.2. The van der Waals surface area contributed by atoms with E-state index in [9.17, 15) is 8.42 Å². The topological polar surface area (TPSA) is 66.4 Å². The van der Waals surface area contributed by atoms with E-state index in [2.05, 4.69) is 0 Å². The van der Waals surface area contributed by atoms with E-state index in [0.29, 0.717) is 12.5 Å². The summed E-state index contributed by atoms with van der Waals surface area (Å²) in [7, 11) is -3.97. The lowest BCUT2D eigenvalue weighted by atomic mass is 10.1. The number of hydrogen-bond acceptors (Lipinski definition) is 2. The average molecular weight is 167 g/mol. The number of hydrogen-bond donors (Lipinski definition) is 2. The summed E-state index contributed by atoms with van der Waals surface area (Å²) in [6.07, 6.45) is 0.736. The van der Waals surface area contributed by atoms with E-state index in [-0.39, 0.29) is 0 Å². The van der Waals surface area contributed by atoms with Crippen molar-refractivity contribution in [2.24, 2.45) is 5.92 Å². The maximum absolute atomic E-state index is 10.1. The molecule has 0 radical (unpaired) electrons. The molecule has 0 saturated carbocycles. The minimum Gasteiger partial charge on any atom is -0.273 e. The van der Waals surface area contributed by atoms with Crippen molar-refractivity contribution < 1.29 is 13.0 Å². The molecule has 0 amide bonds. The fourth-order valence-electron chi connectivity index (χ4n) is 0.477. The zero-order chi connectivity index (χ0) is 8.20. The van der Waals surface area contributed by atoms with Crippen LogP contribution in [0.15, 0.2) is 0 Å². The molecule has 0 aromatic rings. The van der Waals surface area contributed by atoms with Crippen molar-refractivity contribution in [3.05, 3.63) is 0 Å². The zero-order valence-corrected chi connectivity index (χ0v) is 6.98. The minimum absolute atomic E-state index is 0.302. The van der Waals surface area contributed by atoms with E-state index in [4.69, 9.17) is 4.55 Å². The smallest absolute Gasteiger partial charge is 0.273 e. The van der Waals surface area contributed by atoms with Crippen molar-refractivity contribution in [3.63, 3.8) is 0 Å². The van der Waals surface area contributed by atoms with Crippen LogP contribution in [0.3, 0.4) is 0 Å². The van der Waals surface area contributed by atoms with Gasteiger partial charge < -0.3 is 0 Å². The predicted octanol–water partition coefficient (Wildman–Crippen LogP) is 0.425. The second-order valence-electron chi connectivity index (χ2n) is 2.55. The third kappa shape index (κ3) is 7.87. The third-order valence-electron chi connectivity index (χ3n) is 1.01. The molecular formula is C5H13NO3S. The van der Waals surface area contributed by atoms with Crippen molar-refractivity contribution in [1.29, 1.82) is 0 Å². The first-order chi connectivity index (χ1) is 4.42. The first kappa shape index (κ1) is 9.87. The molecule has 0 spiro atoms. The molecule has 0 rings (SSSR count). The van der Waals surface area contributed by atoms with Crippen LogP contribution >= 0.6 is 0 Å². The van der Waals surface area contributed by atoms with Crippen LogP contribution in [-0.4, -0.2) is 19.5 Å². The summed E-state index contributed by atoms with van der Waals surface area (Å²) in [5.41, 5.74) is 0. The molecule has 5 heteroatoms. The molecule has 0 heterocycles. The quantitative estimate of drug-likeness (QED) is 0.596. The molecule has 62 valence electrons. The van der Waals surface area contributed by atoms with E-state index < -0.39 is 10.3 Å². The molecule has 0 aliphatic rings. The summed E-state index contributed by atoms with van der Waals surface area (Å²) in [4.78, 5) is 0. The van der Waals surface area contributed by atoms with Crippen LogP contribution in [0.1, 0.15) is 20.3 Å². The molecule has 0 fully saturated rings. The monoisotopic (exact) mass is 167 g/mol. The Hall–Kier alpha value is -0.130. The third-order valence-corrected chi connectivity index (χ3v) is 1.58. The molecule has 0 aliphatic carbocycles. The Morgan fingerprint density at radius 3 is 2.30 bits per heavy atom. The maximum Gasteiger partial charge on any atom is 0.333 e. The molecule has 0 atom stereocenters. The normalized spacial score (nSPS) is 12.4. The van der Waals surface area contributed by atoms with Gasteiger partial charge in [0.2, 0.25) is 0 Å². The second-order valence-corrected chi connectivity index (χ2v) is 3.79. The van der Waals surface area contributed by atoms with Gasteiger partial charge in [0.05, 0.1) is 0 Å². The van der Waals surface area contributed by atoms with Gasteiger partial charge >= 0.3 is 10.3 Å². The molecule has 0 bridgehead atoms. The van der Waals surface area contributed by atoms with Crippen molar-refractivity contribution in [2.45, 2.75) is 20.3 Å². The number of nitrogens with one attached hydrogen (secondary N) is 1. The van der Waals surface area contributed by atoms with E-state index in [0.717, 1.165) is 6.42 Å². The van der Waals surface area contributed by atoms with Gasteiger partial charge in [-0.2, -0.15) is 13.1 Å². The summed E-state index contributed by atoms with van der Waals surface area (Å²) in [5.74, 6) is 0.439. The van der Waals surface area contributed by atoms with Gasteiger partial charge in [0.1, 0.15) is 0 Å². The van der Waals surface area contributed by atoms with Gasteiger partial charge in [0, 0.05) is 6.54 Å². The second kappa shape index (κ2) is 3.90. The van der Waals surface area contributed by atoms with Gasteiger partial charge in [-0.1, -0.05) is 13.8 Å². The summed E-state index contributed by atoms with van der Waals surface area (Å²) in [5, 5.41) is 0. The Kier molecular flexibility index (Phi) is 3.85. The van der Waals surface area contributed by atoms with Crippen molar-refractivity contribution >= 4 is 10.3 Å². The van der Waals surface area contributed by atoms with Crippen LogP contribution in [0.5, 0.6) is 0 Å². The van der Waals surface area contributed by atoms with Crippen LogP contribution in [0.25, 0.3) is 0 Å². The lowest BCUT2D eigenvalue weighted by molar-refractivity contribution is 0.461. The standard InChI is InChI=1S/C5H13NO3S/c1-5(2)3-4-6-10(7,8)9/h5-6H,3-4H2,1-2H3,(H,7,8,9). The molecule has 0 saturated heterocycles. The Morgan fingerprint density at radius 2 is 2.00 bits per heavy atom. The highest BCUT2D eigenvalue weighted by Crippen LogP contribution is 1.96. The molecule has 2 N–H and O–H groups in total. The highest BCUT2D eigenvalue weighted by molar-refractivity contribution is 7.83. The summed E-state index contributed by atoms with van der Waals surface area (Å²) in [6, 6.07) is 0. The predicted molar refractivity (Wildman–Crippen MR) is 39.0 cm³/mol. The van der Waals surface area contributed by atoms with Crippen LogP contribution in [0, 0.1) is 5.92 Å². The summed E-state index contributed by atoms with van der Waals surface area (Å²) >= 11 is 0. The summed E-state index contributed by atoms with van der Waals surface area (Å²) < 4.78 is 30.3. The van der Waals surface area contributed by atoms with Crippen molar-refractivity contribution in [3.8, 4) is 0 Å². The molecular weight excluding hydrogens is 154 g/mol. The molecule has 10 heavy (non-hydrogen) atoms. The van der Waals surface area contributed by atoms with Crippen molar-refractivity contribution in [1.82, 2.24) is 4.72 Å². The van der Waals surface area contributed by atoms with Gasteiger partial charge in [-0.25, -0.2) is 0 Å². The van der Waals surface area contributed by atoms with Gasteiger partial charge in [-0.05, 0) is 12.3 Å². The maximum atomic E-state index is 10.1. The molecule has 0 unspecified atom stereocenters. The zero-order valence-electron chi connectivity index (χ0n) is 6.16. The highest BCUT2D eigenvalue weighted by Gasteiger charge is 2.01. The SMILES string of the molecule is CC(C)CCNS(=O)(=O)O.